The quantitative estimate of drug-likeness (QED) is 0.241. The highest BCUT2D eigenvalue weighted by atomic mass is 16.5. The number of rotatable bonds is 5. The number of amides is 2. The number of nitrogens with one attached hydrogen (secondary N) is 1. The van der Waals surface area contributed by atoms with E-state index in [0.29, 0.717) is 22.4 Å². The molecule has 3 aliphatic carbocycles. The molecular weight excluding hydrogens is 520 g/mol. The summed E-state index contributed by atoms with van der Waals surface area (Å²) < 4.78 is 4.91. The summed E-state index contributed by atoms with van der Waals surface area (Å²) >= 11 is 0. The van der Waals surface area contributed by atoms with Crippen molar-refractivity contribution < 1.29 is 44.3 Å². The van der Waals surface area contributed by atoms with Gasteiger partial charge in [-0.25, -0.2) is 4.79 Å². The normalized spacial score (nSPS) is 23.6. The van der Waals surface area contributed by atoms with Gasteiger partial charge in [-0.2, -0.15) is 0 Å². The minimum Gasteiger partial charge on any atom is -0.508 e. The molecule has 40 heavy (non-hydrogen) atoms. The molecule has 0 saturated heterocycles. The molecule has 3 atom stereocenters. The van der Waals surface area contributed by atoms with Crippen molar-refractivity contribution in [3.05, 3.63) is 77.1 Å². The van der Waals surface area contributed by atoms with Gasteiger partial charge < -0.3 is 30.9 Å². The Bertz CT molecular complexity index is 1550. The van der Waals surface area contributed by atoms with Crippen molar-refractivity contribution in [2.24, 2.45) is 17.6 Å². The number of carbonyl (C=O) groups excluding carboxylic acids is 4. The number of aromatic hydroxyl groups is 1. The summed E-state index contributed by atoms with van der Waals surface area (Å²) in [7, 11) is 0. The lowest BCUT2D eigenvalue weighted by Crippen LogP contribution is -2.58. The van der Waals surface area contributed by atoms with Crippen LogP contribution < -0.4 is 11.1 Å². The van der Waals surface area contributed by atoms with E-state index in [1.54, 1.807) is 30.3 Å². The van der Waals surface area contributed by atoms with E-state index < -0.39 is 64.5 Å². The molecule has 7 N–H and O–H groups in total. The number of Topliss-reactive ketones (excluding diaryl/α,β-unsaturated/α-hetero) is 2. The molecule has 1 saturated carbocycles. The lowest BCUT2D eigenvalue weighted by molar-refractivity contribution is -0.147. The highest BCUT2D eigenvalue weighted by molar-refractivity contribution is 6.22. The van der Waals surface area contributed by atoms with Gasteiger partial charge in [-0.3, -0.25) is 19.7 Å². The third-order valence-electron chi connectivity index (χ3n) is 7.72. The number of benzene rings is 2. The van der Waals surface area contributed by atoms with E-state index in [9.17, 15) is 39.6 Å². The Morgan fingerprint density at radius 3 is 2.45 bits per heavy atom. The first-order chi connectivity index (χ1) is 19.0. The van der Waals surface area contributed by atoms with E-state index in [4.69, 9.17) is 10.5 Å². The second-order valence-electron chi connectivity index (χ2n) is 9.98. The molecular formula is C29H26N2O9. The summed E-state index contributed by atoms with van der Waals surface area (Å²) in [6, 6.07) is 9.77. The van der Waals surface area contributed by atoms with Crippen LogP contribution in [0, 0.1) is 11.8 Å². The fourth-order valence-electron chi connectivity index (χ4n) is 5.91. The van der Waals surface area contributed by atoms with E-state index >= 15 is 0 Å². The van der Waals surface area contributed by atoms with Crippen molar-refractivity contribution in [2.75, 3.05) is 11.9 Å². The Hall–Kier alpha value is -4.90. The largest absolute Gasteiger partial charge is 0.508 e. The minimum atomic E-state index is -2.61. The third-order valence-corrected chi connectivity index (χ3v) is 7.72. The topological polar surface area (TPSA) is 196 Å². The summed E-state index contributed by atoms with van der Waals surface area (Å²) in [6.45, 7) is 3.54. The van der Waals surface area contributed by atoms with Crippen LogP contribution in [0.25, 0.3) is 16.9 Å². The number of phenolic OH excluding ortho intramolecular Hbond substituents is 1. The van der Waals surface area contributed by atoms with Gasteiger partial charge in [0, 0.05) is 23.6 Å². The van der Waals surface area contributed by atoms with E-state index in [-0.39, 0.29) is 36.3 Å². The molecule has 0 bridgehead atoms. The lowest BCUT2D eigenvalue weighted by atomic mass is 9.59. The van der Waals surface area contributed by atoms with Crippen LogP contribution in [0.3, 0.4) is 0 Å². The Kier molecular flexibility index (Phi) is 6.47. The van der Waals surface area contributed by atoms with Gasteiger partial charge in [-0.05, 0) is 53.6 Å². The second kappa shape index (κ2) is 9.69. The highest BCUT2D eigenvalue weighted by Gasteiger charge is 2.60. The standard InChI is InChI=1S/C29H26N2O9/c1-2-9-40-28(38)31-16-5-3-13(4-6-16)17-7-8-19(32)22-18(17)11-14-10-15-12-20(33)23(27(30)37)26(36)29(15,39)25(35)21(14)24(22)34/h2-8,14-15,32,34,36,39H,1,9-12H2,(H2,30,37)(H,31,38). The van der Waals surface area contributed by atoms with Gasteiger partial charge in [0.1, 0.15) is 29.4 Å². The van der Waals surface area contributed by atoms with Crippen LogP contribution in [-0.2, 0) is 25.5 Å². The van der Waals surface area contributed by atoms with Gasteiger partial charge in [0.15, 0.2) is 11.4 Å². The van der Waals surface area contributed by atoms with E-state index in [1.807, 2.05) is 0 Å². The van der Waals surface area contributed by atoms with Crippen molar-refractivity contribution in [1.82, 2.24) is 0 Å². The molecule has 2 aromatic carbocycles. The molecule has 3 aliphatic rings. The van der Waals surface area contributed by atoms with Gasteiger partial charge >= 0.3 is 6.09 Å². The minimum absolute atomic E-state index is 0.000153. The summed E-state index contributed by atoms with van der Waals surface area (Å²) in [4.78, 5) is 49.7. The molecule has 3 unspecified atom stereocenters. The number of carbonyl (C=O) groups is 4. The summed E-state index contributed by atoms with van der Waals surface area (Å²) in [5.41, 5.74) is 3.90. The number of fused-ring (bicyclic) bond motifs is 3. The maximum Gasteiger partial charge on any atom is 0.411 e. The Labute approximate surface area is 227 Å². The van der Waals surface area contributed by atoms with Crippen LogP contribution in [0.15, 0.2) is 66.0 Å². The van der Waals surface area contributed by atoms with Crippen LogP contribution in [0.4, 0.5) is 10.5 Å². The number of primary amides is 1. The molecule has 0 spiro atoms. The SMILES string of the molecule is C=CCOC(=O)Nc1ccc(-c2ccc(O)c3c2CC2CC4CC(=O)C(C(N)=O)=C(O)C4(O)C(=O)C2=C3O)cc1. The van der Waals surface area contributed by atoms with Crippen molar-refractivity contribution in [1.29, 1.82) is 0 Å². The number of aliphatic hydroxyl groups excluding tert-OH is 2. The smallest absolute Gasteiger partial charge is 0.411 e. The molecule has 5 rings (SSSR count). The van der Waals surface area contributed by atoms with Crippen LogP contribution in [0.5, 0.6) is 5.75 Å². The van der Waals surface area contributed by atoms with Crippen molar-refractivity contribution in [3.8, 4) is 16.9 Å². The van der Waals surface area contributed by atoms with Gasteiger partial charge in [0.05, 0.1) is 5.56 Å². The van der Waals surface area contributed by atoms with Gasteiger partial charge in [-0.15, -0.1) is 0 Å². The molecule has 0 aliphatic heterocycles. The molecule has 206 valence electrons. The number of anilines is 1. The second-order valence-corrected chi connectivity index (χ2v) is 9.98. The van der Waals surface area contributed by atoms with Crippen molar-refractivity contribution in [3.63, 3.8) is 0 Å². The first-order valence-corrected chi connectivity index (χ1v) is 12.5. The molecule has 1 fully saturated rings. The number of nitrogens with two attached hydrogens (primary N) is 1. The monoisotopic (exact) mass is 546 g/mol. The molecule has 2 amide bonds. The Balaban J connectivity index is 1.55. The maximum atomic E-state index is 13.6. The number of aliphatic hydroxyl groups is 3. The Morgan fingerprint density at radius 1 is 1.10 bits per heavy atom. The summed E-state index contributed by atoms with van der Waals surface area (Å²) in [5, 5.41) is 46.6. The fraction of sp³-hybridized carbons (Fsp3) is 0.241. The molecule has 0 aromatic heterocycles. The first kappa shape index (κ1) is 26.7. The van der Waals surface area contributed by atoms with Gasteiger partial charge in [0.25, 0.3) is 5.91 Å². The van der Waals surface area contributed by atoms with Crippen molar-refractivity contribution in [2.45, 2.75) is 24.9 Å². The molecule has 0 heterocycles. The predicted octanol–water partition coefficient (Wildman–Crippen LogP) is 2.83. The van der Waals surface area contributed by atoms with Gasteiger partial charge in [0.2, 0.25) is 5.78 Å². The molecule has 2 aromatic rings. The molecule has 0 radical (unpaired) electrons. The Morgan fingerprint density at radius 2 is 1.80 bits per heavy atom. The van der Waals surface area contributed by atoms with E-state index in [2.05, 4.69) is 11.9 Å². The number of ether oxygens (including phenoxy) is 1. The summed E-state index contributed by atoms with van der Waals surface area (Å²) in [6.07, 6.45) is 0.610. The van der Waals surface area contributed by atoms with Gasteiger partial charge in [-0.1, -0.05) is 30.9 Å². The average Bonchev–Trinajstić information content (AvgIpc) is 2.90. The zero-order valence-electron chi connectivity index (χ0n) is 21.1. The van der Waals surface area contributed by atoms with Crippen LogP contribution in [0.1, 0.15) is 24.0 Å². The number of hydrogen-bond acceptors (Lipinski definition) is 9. The van der Waals surface area contributed by atoms with Crippen LogP contribution in [0.2, 0.25) is 0 Å². The third kappa shape index (κ3) is 4.02. The summed E-state index contributed by atoms with van der Waals surface area (Å²) in [5.74, 6) is -6.78. The van der Waals surface area contributed by atoms with Crippen LogP contribution >= 0.6 is 0 Å². The molecule has 11 nitrogen and oxygen atoms in total. The predicted molar refractivity (Wildman–Crippen MR) is 142 cm³/mol. The van der Waals surface area contributed by atoms with E-state index in [1.165, 1.54) is 12.1 Å². The zero-order chi connectivity index (χ0) is 28.9. The van der Waals surface area contributed by atoms with Crippen LogP contribution in [-0.4, -0.2) is 56.2 Å². The average molecular weight is 547 g/mol. The number of ketones is 2. The highest BCUT2D eigenvalue weighted by Crippen LogP contribution is 2.53. The first-order valence-electron chi connectivity index (χ1n) is 12.5. The number of hydrogen-bond donors (Lipinski definition) is 6. The van der Waals surface area contributed by atoms with Crippen molar-refractivity contribution >= 4 is 35.0 Å². The lowest BCUT2D eigenvalue weighted by Gasteiger charge is -2.46. The molecule has 11 heteroatoms. The maximum absolute atomic E-state index is 13.6. The number of phenols is 1. The van der Waals surface area contributed by atoms with E-state index in [0.717, 1.165) is 0 Å². The fourth-order valence-corrected chi connectivity index (χ4v) is 5.91. The zero-order valence-corrected chi connectivity index (χ0v) is 21.1.